The number of rotatable bonds is 3. The topological polar surface area (TPSA) is 58.6 Å². The van der Waals surface area contributed by atoms with Crippen molar-refractivity contribution in [3.63, 3.8) is 0 Å². The fourth-order valence-corrected chi connectivity index (χ4v) is 2.86. The monoisotopic (exact) mass is 410 g/mol. The number of fused-ring (bicyclic) bond motifs is 1. The number of aromatic hydroxyl groups is 1. The normalized spacial score (nSPS) is 11.5. The van der Waals surface area contributed by atoms with Gasteiger partial charge in [0, 0.05) is 21.8 Å². The van der Waals surface area contributed by atoms with Crippen LogP contribution in [-0.4, -0.2) is 16.3 Å². The number of phenolic OH excluding ortho intramolecular Hbond substituents is 1. The molecule has 6 heteroatoms. The van der Waals surface area contributed by atoms with Gasteiger partial charge in [0.25, 0.3) is 0 Å². The zero-order valence-electron chi connectivity index (χ0n) is 13.4. The Morgan fingerprint density at radius 2 is 1.85 bits per heavy atom. The molecule has 0 fully saturated rings. The van der Waals surface area contributed by atoms with Crippen LogP contribution in [0.15, 0.2) is 74.5 Å². The first kappa shape index (κ1) is 16.5. The van der Waals surface area contributed by atoms with Crippen molar-refractivity contribution >= 4 is 38.9 Å². The number of aromatic nitrogens is 1. The third-order valence-electron chi connectivity index (χ3n) is 3.80. The molecule has 0 bridgehead atoms. The second-order valence-electron chi connectivity index (χ2n) is 5.64. The summed E-state index contributed by atoms with van der Waals surface area (Å²) in [6, 6.07) is 16.5. The van der Waals surface area contributed by atoms with Gasteiger partial charge in [-0.3, -0.25) is 4.99 Å². The number of nitrogens with zero attached hydrogens (tertiary/aromatic N) is 2. The van der Waals surface area contributed by atoms with E-state index in [1.165, 1.54) is 12.1 Å². The molecule has 0 spiro atoms. The minimum Gasteiger partial charge on any atom is -0.507 e. The van der Waals surface area contributed by atoms with Crippen LogP contribution in [0.4, 0.5) is 10.1 Å². The molecule has 0 aliphatic heterocycles. The van der Waals surface area contributed by atoms with Crippen molar-refractivity contribution in [2.24, 2.45) is 4.99 Å². The molecule has 0 amide bonds. The van der Waals surface area contributed by atoms with Gasteiger partial charge < -0.3 is 9.52 Å². The standard InChI is InChI=1S/C20H12BrFN2O2/c21-14-3-7-18(25)13(9-14)11-23-16-6-8-19-17(10-16)24-20(26-19)12-1-4-15(22)5-2-12/h1-11,25H. The SMILES string of the molecule is Oc1ccc(Br)cc1C=Nc1ccc2oc(-c3ccc(F)cc3)nc2c1. The molecule has 128 valence electrons. The Kier molecular flexibility index (Phi) is 4.26. The zero-order valence-corrected chi connectivity index (χ0v) is 14.9. The van der Waals surface area contributed by atoms with Gasteiger partial charge in [-0.15, -0.1) is 0 Å². The fourth-order valence-electron chi connectivity index (χ4n) is 2.48. The first-order valence-electron chi connectivity index (χ1n) is 7.77. The zero-order chi connectivity index (χ0) is 18.1. The third-order valence-corrected chi connectivity index (χ3v) is 4.30. The lowest BCUT2D eigenvalue weighted by Crippen LogP contribution is -1.82. The summed E-state index contributed by atoms with van der Waals surface area (Å²) in [6.45, 7) is 0. The Hall–Kier alpha value is -2.99. The van der Waals surface area contributed by atoms with Crippen LogP contribution in [0.2, 0.25) is 0 Å². The summed E-state index contributed by atoms with van der Waals surface area (Å²) in [5.74, 6) is 0.265. The maximum atomic E-state index is 13.1. The van der Waals surface area contributed by atoms with Crippen molar-refractivity contribution in [2.45, 2.75) is 0 Å². The average Bonchev–Trinajstić information content (AvgIpc) is 3.06. The molecule has 0 aliphatic rings. The van der Waals surface area contributed by atoms with Crippen LogP contribution in [-0.2, 0) is 0 Å². The van der Waals surface area contributed by atoms with E-state index in [0.29, 0.717) is 33.8 Å². The predicted molar refractivity (Wildman–Crippen MR) is 102 cm³/mol. The van der Waals surface area contributed by atoms with Gasteiger partial charge >= 0.3 is 0 Å². The summed E-state index contributed by atoms with van der Waals surface area (Å²) < 4.78 is 19.6. The number of phenols is 1. The molecular weight excluding hydrogens is 399 g/mol. The van der Waals surface area contributed by atoms with Crippen molar-refractivity contribution in [1.29, 1.82) is 0 Å². The highest BCUT2D eigenvalue weighted by atomic mass is 79.9. The quantitative estimate of drug-likeness (QED) is 0.430. The van der Waals surface area contributed by atoms with E-state index in [2.05, 4.69) is 25.9 Å². The van der Waals surface area contributed by atoms with E-state index in [-0.39, 0.29) is 11.6 Å². The highest BCUT2D eigenvalue weighted by molar-refractivity contribution is 9.10. The van der Waals surface area contributed by atoms with E-state index >= 15 is 0 Å². The lowest BCUT2D eigenvalue weighted by Gasteiger charge is -1.99. The Morgan fingerprint density at radius 1 is 1.04 bits per heavy atom. The molecule has 4 nitrogen and oxygen atoms in total. The number of oxazole rings is 1. The number of hydrogen-bond acceptors (Lipinski definition) is 4. The van der Waals surface area contributed by atoms with Gasteiger partial charge in [0.1, 0.15) is 17.1 Å². The third kappa shape index (κ3) is 3.36. The minimum absolute atomic E-state index is 0.151. The number of benzene rings is 3. The van der Waals surface area contributed by atoms with E-state index in [9.17, 15) is 9.50 Å². The summed E-state index contributed by atoms with van der Waals surface area (Å²) in [6.07, 6.45) is 1.59. The van der Waals surface area contributed by atoms with Gasteiger partial charge in [-0.25, -0.2) is 9.37 Å². The van der Waals surface area contributed by atoms with Crippen LogP contribution in [0.3, 0.4) is 0 Å². The molecule has 0 saturated heterocycles. The first-order valence-corrected chi connectivity index (χ1v) is 8.57. The molecule has 4 rings (SSSR count). The van der Waals surface area contributed by atoms with Gasteiger partial charge in [0.2, 0.25) is 5.89 Å². The molecule has 0 unspecified atom stereocenters. The molecule has 0 radical (unpaired) electrons. The lowest BCUT2D eigenvalue weighted by atomic mass is 10.2. The van der Waals surface area contributed by atoms with Crippen LogP contribution in [0.25, 0.3) is 22.6 Å². The summed E-state index contributed by atoms with van der Waals surface area (Å²) in [5, 5.41) is 9.87. The molecule has 1 heterocycles. The Morgan fingerprint density at radius 3 is 2.65 bits per heavy atom. The van der Waals surface area contributed by atoms with Crippen LogP contribution in [0.5, 0.6) is 5.75 Å². The molecule has 3 aromatic carbocycles. The Balaban J connectivity index is 1.66. The fraction of sp³-hybridized carbons (Fsp3) is 0. The van der Waals surface area contributed by atoms with E-state index in [4.69, 9.17) is 4.42 Å². The molecule has 0 saturated carbocycles. The molecule has 1 aromatic heterocycles. The lowest BCUT2D eigenvalue weighted by molar-refractivity contribution is 0.474. The smallest absolute Gasteiger partial charge is 0.227 e. The molecule has 0 aliphatic carbocycles. The molecular formula is C20H12BrFN2O2. The molecule has 1 N–H and O–H groups in total. The van der Waals surface area contributed by atoms with Gasteiger partial charge in [-0.05, 0) is 60.7 Å². The van der Waals surface area contributed by atoms with E-state index in [1.807, 2.05) is 0 Å². The summed E-state index contributed by atoms with van der Waals surface area (Å²) in [4.78, 5) is 8.83. The maximum Gasteiger partial charge on any atom is 0.227 e. The maximum absolute atomic E-state index is 13.1. The average molecular weight is 411 g/mol. The Labute approximate surface area is 156 Å². The predicted octanol–water partition coefficient (Wildman–Crippen LogP) is 5.85. The van der Waals surface area contributed by atoms with Crippen molar-refractivity contribution in [1.82, 2.24) is 4.98 Å². The highest BCUT2D eigenvalue weighted by Gasteiger charge is 2.09. The van der Waals surface area contributed by atoms with Crippen LogP contribution in [0.1, 0.15) is 5.56 Å². The van der Waals surface area contributed by atoms with Crippen molar-refractivity contribution in [2.75, 3.05) is 0 Å². The van der Waals surface area contributed by atoms with Crippen molar-refractivity contribution in [3.05, 3.63) is 76.5 Å². The van der Waals surface area contributed by atoms with E-state index < -0.39 is 0 Å². The van der Waals surface area contributed by atoms with Crippen LogP contribution < -0.4 is 0 Å². The van der Waals surface area contributed by atoms with Gasteiger partial charge in [-0.1, -0.05) is 15.9 Å². The minimum atomic E-state index is -0.308. The van der Waals surface area contributed by atoms with Crippen LogP contribution >= 0.6 is 15.9 Å². The number of aliphatic imine (C=N–C) groups is 1. The Bertz CT molecular complexity index is 1120. The van der Waals surface area contributed by atoms with Crippen molar-refractivity contribution < 1.29 is 13.9 Å². The van der Waals surface area contributed by atoms with E-state index in [1.54, 1.807) is 54.7 Å². The summed E-state index contributed by atoms with van der Waals surface area (Å²) >= 11 is 3.37. The van der Waals surface area contributed by atoms with Crippen LogP contribution in [0, 0.1) is 5.82 Å². The molecule has 26 heavy (non-hydrogen) atoms. The second-order valence-corrected chi connectivity index (χ2v) is 6.55. The van der Waals surface area contributed by atoms with Gasteiger partial charge in [0.05, 0.1) is 5.69 Å². The van der Waals surface area contributed by atoms with Gasteiger partial charge in [0.15, 0.2) is 5.58 Å². The van der Waals surface area contributed by atoms with E-state index in [0.717, 1.165) is 4.47 Å². The molecule has 0 atom stereocenters. The largest absolute Gasteiger partial charge is 0.507 e. The van der Waals surface area contributed by atoms with Crippen molar-refractivity contribution in [3.8, 4) is 17.2 Å². The number of halogens is 2. The number of hydrogen-bond donors (Lipinski definition) is 1. The highest BCUT2D eigenvalue weighted by Crippen LogP contribution is 2.28. The molecule has 4 aromatic rings. The summed E-state index contributed by atoms with van der Waals surface area (Å²) in [7, 11) is 0. The first-order chi connectivity index (χ1) is 12.6. The second kappa shape index (κ2) is 6.72. The summed E-state index contributed by atoms with van der Waals surface area (Å²) in [5.41, 5.74) is 3.25. The van der Waals surface area contributed by atoms with Gasteiger partial charge in [-0.2, -0.15) is 0 Å².